The maximum absolute atomic E-state index is 13.2. The van der Waals surface area contributed by atoms with Gasteiger partial charge < -0.3 is 18.9 Å². The van der Waals surface area contributed by atoms with Gasteiger partial charge in [0, 0.05) is 24.8 Å². The van der Waals surface area contributed by atoms with Gasteiger partial charge in [-0.2, -0.15) is 0 Å². The summed E-state index contributed by atoms with van der Waals surface area (Å²) in [4.78, 5) is 62.5. The third kappa shape index (κ3) is 4.81. The molecule has 0 radical (unpaired) electrons. The van der Waals surface area contributed by atoms with Gasteiger partial charge in [0.1, 0.15) is 24.9 Å². The van der Waals surface area contributed by atoms with Crippen LogP contribution in [-0.2, 0) is 42.9 Å². The molecule has 0 amide bonds. The molecule has 2 aliphatic carbocycles. The highest BCUT2D eigenvalue weighted by Crippen LogP contribution is 2.55. The van der Waals surface area contributed by atoms with Crippen molar-refractivity contribution < 1.29 is 42.9 Å². The predicted octanol–water partition coefficient (Wildman–Crippen LogP) is 2.48. The molecule has 0 bridgehead atoms. The number of carbonyl (C=O) groups excluding carboxylic acids is 5. The van der Waals surface area contributed by atoms with E-state index in [4.69, 9.17) is 18.9 Å². The van der Waals surface area contributed by atoms with Gasteiger partial charge in [0.2, 0.25) is 0 Å². The quantitative estimate of drug-likeness (QED) is 0.302. The Morgan fingerprint density at radius 3 is 2.46 bits per heavy atom. The number of rotatable bonds is 7. The molecule has 0 aromatic heterocycles. The molecular weight excluding hydrogens is 456 g/mol. The highest BCUT2D eigenvalue weighted by molar-refractivity contribution is 6.00. The Labute approximate surface area is 204 Å². The third-order valence-electron chi connectivity index (χ3n) is 7.08. The Morgan fingerprint density at radius 1 is 1.20 bits per heavy atom. The lowest BCUT2D eigenvalue weighted by Gasteiger charge is -2.39. The van der Waals surface area contributed by atoms with Crippen molar-refractivity contribution in [1.82, 2.24) is 0 Å². The molecule has 35 heavy (non-hydrogen) atoms. The molecule has 0 aromatic carbocycles. The van der Waals surface area contributed by atoms with Crippen LogP contribution in [0.5, 0.6) is 0 Å². The Kier molecular flexibility index (Phi) is 7.38. The number of ether oxygens (including phenoxy) is 4. The monoisotopic (exact) mass is 488 g/mol. The predicted molar refractivity (Wildman–Crippen MR) is 122 cm³/mol. The lowest BCUT2D eigenvalue weighted by Crippen LogP contribution is -2.49. The first-order valence-electron chi connectivity index (χ1n) is 11.6. The van der Waals surface area contributed by atoms with Crippen LogP contribution in [0.3, 0.4) is 0 Å². The fourth-order valence-corrected chi connectivity index (χ4v) is 5.25. The maximum atomic E-state index is 13.2. The molecule has 1 saturated carbocycles. The molecule has 2 fully saturated rings. The van der Waals surface area contributed by atoms with E-state index in [1.165, 1.54) is 13.0 Å². The van der Waals surface area contributed by atoms with Gasteiger partial charge in [-0.05, 0) is 24.8 Å². The number of hydrogen-bond acceptors (Lipinski definition) is 9. The molecule has 3 aliphatic rings. The van der Waals surface area contributed by atoms with Gasteiger partial charge >= 0.3 is 23.9 Å². The average molecular weight is 489 g/mol. The minimum absolute atomic E-state index is 0.0251. The van der Waals surface area contributed by atoms with E-state index in [0.717, 1.165) is 0 Å². The van der Waals surface area contributed by atoms with Gasteiger partial charge in [0.15, 0.2) is 5.78 Å². The van der Waals surface area contributed by atoms with Crippen LogP contribution in [0.1, 0.15) is 41.0 Å². The molecule has 9 heteroatoms. The van der Waals surface area contributed by atoms with Crippen LogP contribution in [0, 0.1) is 29.1 Å². The molecule has 7 atom stereocenters. The number of ketones is 1. The van der Waals surface area contributed by atoms with Crippen LogP contribution in [0.2, 0.25) is 0 Å². The van der Waals surface area contributed by atoms with E-state index >= 15 is 0 Å². The summed E-state index contributed by atoms with van der Waals surface area (Å²) in [7, 11) is 0. The lowest BCUT2D eigenvalue weighted by atomic mass is 9.67. The van der Waals surface area contributed by atoms with Crippen LogP contribution in [0.15, 0.2) is 36.5 Å². The first-order valence-corrected chi connectivity index (χ1v) is 11.6. The molecule has 0 aromatic rings. The molecule has 0 N–H and O–H groups in total. The molecule has 1 saturated heterocycles. The minimum atomic E-state index is -1.28. The molecule has 190 valence electrons. The van der Waals surface area contributed by atoms with Crippen molar-refractivity contribution in [3.8, 4) is 0 Å². The van der Waals surface area contributed by atoms with E-state index in [-0.39, 0.29) is 35.9 Å². The molecule has 9 nitrogen and oxygen atoms in total. The second-order valence-electron chi connectivity index (χ2n) is 10.1. The van der Waals surface area contributed by atoms with Crippen molar-refractivity contribution >= 4 is 29.7 Å². The second kappa shape index (κ2) is 9.79. The largest absolute Gasteiger partial charge is 0.461 e. The van der Waals surface area contributed by atoms with Crippen LogP contribution >= 0.6 is 0 Å². The van der Waals surface area contributed by atoms with Crippen LogP contribution in [-0.4, -0.2) is 54.6 Å². The zero-order chi connectivity index (χ0) is 26.2. The summed E-state index contributed by atoms with van der Waals surface area (Å²) >= 11 is 0. The van der Waals surface area contributed by atoms with Gasteiger partial charge in [-0.15, -0.1) is 0 Å². The summed E-state index contributed by atoms with van der Waals surface area (Å²) in [6.45, 7) is 15.5. The Balaban J connectivity index is 2.03. The summed E-state index contributed by atoms with van der Waals surface area (Å²) < 4.78 is 22.1. The first kappa shape index (κ1) is 26.4. The van der Waals surface area contributed by atoms with Crippen molar-refractivity contribution in [2.75, 3.05) is 6.61 Å². The summed E-state index contributed by atoms with van der Waals surface area (Å²) in [5.41, 5.74) is -1.39. The topological polar surface area (TPSA) is 122 Å². The number of carbonyl (C=O) groups is 5. The second-order valence-corrected chi connectivity index (χ2v) is 10.1. The van der Waals surface area contributed by atoms with Crippen molar-refractivity contribution in [3.63, 3.8) is 0 Å². The Bertz CT molecular complexity index is 1010. The van der Waals surface area contributed by atoms with E-state index in [2.05, 4.69) is 13.2 Å². The highest BCUT2D eigenvalue weighted by atomic mass is 16.6. The summed E-state index contributed by atoms with van der Waals surface area (Å²) in [5.74, 6) is -4.76. The van der Waals surface area contributed by atoms with Crippen LogP contribution in [0.4, 0.5) is 0 Å². The number of hydrogen-bond donors (Lipinski definition) is 0. The van der Waals surface area contributed by atoms with Crippen LogP contribution in [0.25, 0.3) is 0 Å². The standard InChI is InChI=1S/C26H32O9/c1-12(2)10-19(29)33-21-14(4)17-8-9-18(28)26(17,7)23(20-15(5)25(31)34-22(20)21)35-24(30)13(3)11-32-16(6)27/h8-9,12,14,17,20-23H,3,5,10-11H2,1-2,4,6-7H3/t14-,17-,20+,21+,22-,23-,26-/m0/s1. The van der Waals surface area contributed by atoms with Crippen molar-refractivity contribution in [2.45, 2.75) is 59.4 Å². The molecular formula is C26H32O9. The van der Waals surface area contributed by atoms with E-state index < -0.39 is 65.4 Å². The maximum Gasteiger partial charge on any atom is 0.337 e. The Morgan fingerprint density at radius 2 is 1.86 bits per heavy atom. The van der Waals surface area contributed by atoms with Crippen molar-refractivity contribution in [1.29, 1.82) is 0 Å². The first-order chi connectivity index (χ1) is 16.3. The zero-order valence-corrected chi connectivity index (χ0v) is 20.7. The lowest BCUT2D eigenvalue weighted by molar-refractivity contribution is -0.170. The van der Waals surface area contributed by atoms with Gasteiger partial charge in [-0.3, -0.25) is 14.4 Å². The summed E-state index contributed by atoms with van der Waals surface area (Å²) in [6, 6.07) is 0. The third-order valence-corrected chi connectivity index (χ3v) is 7.08. The summed E-state index contributed by atoms with van der Waals surface area (Å²) in [6.07, 6.45) is 0.253. The van der Waals surface area contributed by atoms with Gasteiger partial charge in [0.05, 0.1) is 16.9 Å². The molecule has 0 unspecified atom stereocenters. The summed E-state index contributed by atoms with van der Waals surface area (Å²) in [5, 5.41) is 0. The van der Waals surface area contributed by atoms with E-state index in [0.29, 0.717) is 0 Å². The van der Waals surface area contributed by atoms with E-state index in [9.17, 15) is 24.0 Å². The molecule has 3 rings (SSSR count). The smallest absolute Gasteiger partial charge is 0.337 e. The number of esters is 4. The van der Waals surface area contributed by atoms with E-state index in [1.54, 1.807) is 13.0 Å². The highest BCUT2D eigenvalue weighted by Gasteiger charge is 2.65. The van der Waals surface area contributed by atoms with Gasteiger partial charge in [-0.25, -0.2) is 9.59 Å². The number of fused-ring (bicyclic) bond motifs is 2. The van der Waals surface area contributed by atoms with Gasteiger partial charge in [-0.1, -0.05) is 40.0 Å². The van der Waals surface area contributed by atoms with Crippen molar-refractivity contribution in [2.24, 2.45) is 29.1 Å². The van der Waals surface area contributed by atoms with Crippen LogP contribution < -0.4 is 0 Å². The fourth-order valence-electron chi connectivity index (χ4n) is 5.25. The normalized spacial score (nSPS) is 33.5. The number of allylic oxidation sites excluding steroid dienone is 2. The zero-order valence-electron chi connectivity index (χ0n) is 20.7. The minimum Gasteiger partial charge on any atom is -0.461 e. The molecule has 0 spiro atoms. The molecule has 1 aliphatic heterocycles. The Hall–Kier alpha value is -3.23. The fraction of sp³-hybridized carbons (Fsp3) is 0.577. The molecule has 1 heterocycles. The SMILES string of the molecule is C=C(COC(C)=O)C(=O)O[C@H]1[C@@H]2C(=C)C(=O)O[C@@H]2[C@H](OC(=O)CC(C)C)[C@@H](C)[C@@H]2C=CC(=O)[C@]21C. The van der Waals surface area contributed by atoms with E-state index in [1.807, 2.05) is 20.8 Å². The van der Waals surface area contributed by atoms with Gasteiger partial charge in [0.25, 0.3) is 0 Å². The van der Waals surface area contributed by atoms with Crippen molar-refractivity contribution in [3.05, 3.63) is 36.5 Å². The average Bonchev–Trinajstić information content (AvgIpc) is 3.21.